The summed E-state index contributed by atoms with van der Waals surface area (Å²) in [5.74, 6) is 0.975. The van der Waals surface area contributed by atoms with E-state index in [1.54, 1.807) is 6.07 Å². The van der Waals surface area contributed by atoms with Crippen molar-refractivity contribution in [3.63, 3.8) is 0 Å². The summed E-state index contributed by atoms with van der Waals surface area (Å²) in [7, 11) is 0. The first-order valence-corrected chi connectivity index (χ1v) is 8.37. The second kappa shape index (κ2) is 7.07. The lowest BCUT2D eigenvalue weighted by Gasteiger charge is -2.31. The summed E-state index contributed by atoms with van der Waals surface area (Å²) in [4.78, 5) is 14.5. The number of hydrogen-bond acceptors (Lipinski definition) is 3. The van der Waals surface area contributed by atoms with Gasteiger partial charge >= 0.3 is 0 Å². The standard InChI is InChI=1S/C14H19Cl2NOS/c1-2-10-3-6-17(7-4-10)8-5-12(18)11-9-13(15)19-14(11)16/h9-10H,2-8H2,1H3. The van der Waals surface area contributed by atoms with Gasteiger partial charge in [-0.2, -0.15) is 0 Å². The number of halogens is 2. The van der Waals surface area contributed by atoms with Crippen LogP contribution in [-0.2, 0) is 0 Å². The van der Waals surface area contributed by atoms with Gasteiger partial charge in [0.25, 0.3) is 0 Å². The Morgan fingerprint density at radius 3 is 2.63 bits per heavy atom. The van der Waals surface area contributed by atoms with Gasteiger partial charge in [0, 0.05) is 18.5 Å². The zero-order chi connectivity index (χ0) is 13.8. The van der Waals surface area contributed by atoms with Crippen LogP contribution in [0.4, 0.5) is 0 Å². The summed E-state index contributed by atoms with van der Waals surface area (Å²) in [6.45, 7) is 5.32. The molecule has 0 spiro atoms. The fourth-order valence-corrected chi connectivity index (χ4v) is 4.04. The molecule has 0 radical (unpaired) electrons. The predicted octanol–water partition coefficient (Wildman–Crippen LogP) is 4.75. The highest BCUT2D eigenvalue weighted by Gasteiger charge is 2.19. The maximum atomic E-state index is 12.1. The molecule has 0 unspecified atom stereocenters. The van der Waals surface area contributed by atoms with Crippen LogP contribution in [0.2, 0.25) is 8.67 Å². The van der Waals surface area contributed by atoms with Crippen molar-refractivity contribution in [1.82, 2.24) is 4.90 Å². The van der Waals surface area contributed by atoms with E-state index < -0.39 is 0 Å². The van der Waals surface area contributed by atoms with Crippen molar-refractivity contribution >= 4 is 40.3 Å². The molecule has 1 saturated heterocycles. The van der Waals surface area contributed by atoms with E-state index in [-0.39, 0.29) is 5.78 Å². The predicted molar refractivity (Wildman–Crippen MR) is 82.7 cm³/mol. The number of thiophene rings is 1. The summed E-state index contributed by atoms with van der Waals surface area (Å²) in [5.41, 5.74) is 0.583. The second-order valence-electron chi connectivity index (χ2n) is 5.10. The highest BCUT2D eigenvalue weighted by Crippen LogP contribution is 2.32. The zero-order valence-corrected chi connectivity index (χ0v) is 13.5. The van der Waals surface area contributed by atoms with Crippen LogP contribution in [-0.4, -0.2) is 30.3 Å². The average Bonchev–Trinajstić information content (AvgIpc) is 2.75. The molecule has 1 aromatic rings. The number of piperidine rings is 1. The van der Waals surface area contributed by atoms with Gasteiger partial charge in [-0.1, -0.05) is 36.5 Å². The third kappa shape index (κ3) is 4.19. The molecule has 0 N–H and O–H groups in total. The molecule has 0 aromatic carbocycles. The number of carbonyl (C=O) groups is 1. The molecular formula is C14H19Cl2NOS. The van der Waals surface area contributed by atoms with Crippen molar-refractivity contribution in [3.05, 3.63) is 20.3 Å². The Balaban J connectivity index is 1.80. The number of likely N-dealkylation sites (tertiary alicyclic amines) is 1. The number of rotatable bonds is 5. The highest BCUT2D eigenvalue weighted by atomic mass is 35.5. The van der Waals surface area contributed by atoms with E-state index in [2.05, 4.69) is 11.8 Å². The van der Waals surface area contributed by atoms with E-state index in [9.17, 15) is 4.79 Å². The Morgan fingerprint density at radius 1 is 1.42 bits per heavy atom. The number of Topliss-reactive ketones (excluding diaryl/α,β-unsaturated/α-hetero) is 1. The fourth-order valence-electron chi connectivity index (χ4n) is 2.54. The van der Waals surface area contributed by atoms with Crippen LogP contribution >= 0.6 is 34.5 Å². The van der Waals surface area contributed by atoms with Crippen LogP contribution in [0.25, 0.3) is 0 Å². The Morgan fingerprint density at radius 2 is 2.11 bits per heavy atom. The van der Waals surface area contributed by atoms with Gasteiger partial charge in [-0.15, -0.1) is 11.3 Å². The molecule has 2 rings (SSSR count). The molecular weight excluding hydrogens is 301 g/mol. The molecule has 106 valence electrons. The summed E-state index contributed by atoms with van der Waals surface area (Å²) >= 11 is 13.1. The van der Waals surface area contributed by atoms with Crippen molar-refractivity contribution < 1.29 is 4.79 Å². The Bertz CT molecular complexity index is 439. The lowest BCUT2D eigenvalue weighted by Crippen LogP contribution is -2.35. The Labute approximate surface area is 128 Å². The minimum atomic E-state index is 0.103. The van der Waals surface area contributed by atoms with Gasteiger partial charge in [0.05, 0.1) is 4.34 Å². The number of ketones is 1. The van der Waals surface area contributed by atoms with Crippen LogP contribution in [0.5, 0.6) is 0 Å². The van der Waals surface area contributed by atoms with Gasteiger partial charge < -0.3 is 4.90 Å². The second-order valence-corrected chi connectivity index (χ2v) is 7.39. The van der Waals surface area contributed by atoms with Crippen LogP contribution < -0.4 is 0 Å². The average molecular weight is 320 g/mol. The third-order valence-corrected chi connectivity index (χ3v) is 5.38. The quantitative estimate of drug-likeness (QED) is 0.730. The lowest BCUT2D eigenvalue weighted by atomic mass is 9.94. The van der Waals surface area contributed by atoms with Crippen molar-refractivity contribution in [2.24, 2.45) is 5.92 Å². The molecule has 2 heterocycles. The van der Waals surface area contributed by atoms with E-state index in [1.807, 2.05) is 0 Å². The van der Waals surface area contributed by atoms with E-state index >= 15 is 0 Å². The summed E-state index contributed by atoms with van der Waals surface area (Å²) < 4.78 is 1.09. The Kier molecular flexibility index (Phi) is 5.70. The van der Waals surface area contributed by atoms with Crippen molar-refractivity contribution in [3.8, 4) is 0 Å². The van der Waals surface area contributed by atoms with Gasteiger partial charge in [0.15, 0.2) is 5.78 Å². The maximum Gasteiger partial charge on any atom is 0.166 e. The molecule has 0 aliphatic carbocycles. The topological polar surface area (TPSA) is 20.3 Å². The van der Waals surface area contributed by atoms with E-state index in [1.165, 1.54) is 30.6 Å². The van der Waals surface area contributed by atoms with Gasteiger partial charge in [0.2, 0.25) is 0 Å². The fraction of sp³-hybridized carbons (Fsp3) is 0.643. The van der Waals surface area contributed by atoms with Gasteiger partial charge in [0.1, 0.15) is 4.34 Å². The van der Waals surface area contributed by atoms with Gasteiger partial charge in [-0.25, -0.2) is 0 Å². The first-order valence-electron chi connectivity index (χ1n) is 6.80. The number of nitrogens with zero attached hydrogens (tertiary/aromatic N) is 1. The Hall–Kier alpha value is -0.0900. The highest BCUT2D eigenvalue weighted by molar-refractivity contribution is 7.20. The van der Waals surface area contributed by atoms with Crippen molar-refractivity contribution in [1.29, 1.82) is 0 Å². The van der Waals surface area contributed by atoms with Crippen molar-refractivity contribution in [2.45, 2.75) is 32.6 Å². The molecule has 2 nitrogen and oxygen atoms in total. The van der Waals surface area contributed by atoms with Gasteiger partial charge in [-0.3, -0.25) is 4.79 Å². The molecule has 0 bridgehead atoms. The summed E-state index contributed by atoms with van der Waals surface area (Å²) in [6.07, 6.45) is 4.32. The van der Waals surface area contributed by atoms with Gasteiger partial charge in [-0.05, 0) is 37.9 Å². The molecule has 0 saturated carbocycles. The zero-order valence-electron chi connectivity index (χ0n) is 11.1. The minimum absolute atomic E-state index is 0.103. The molecule has 5 heteroatoms. The third-order valence-electron chi connectivity index (χ3n) is 3.90. The number of hydrogen-bond donors (Lipinski definition) is 0. The molecule has 0 atom stereocenters. The monoisotopic (exact) mass is 319 g/mol. The molecule has 1 aliphatic rings. The van der Waals surface area contributed by atoms with Crippen LogP contribution in [0.3, 0.4) is 0 Å². The van der Waals surface area contributed by atoms with Crippen molar-refractivity contribution in [2.75, 3.05) is 19.6 Å². The summed E-state index contributed by atoms with van der Waals surface area (Å²) in [5, 5.41) is 0. The maximum absolute atomic E-state index is 12.1. The normalized spacial score (nSPS) is 17.8. The first-order chi connectivity index (χ1) is 9.10. The number of carbonyl (C=O) groups excluding carboxylic acids is 1. The first kappa shape index (κ1) is 15.3. The van der Waals surface area contributed by atoms with Crippen LogP contribution in [0, 0.1) is 5.92 Å². The molecule has 1 fully saturated rings. The van der Waals surface area contributed by atoms with E-state index in [0.29, 0.717) is 20.7 Å². The minimum Gasteiger partial charge on any atom is -0.303 e. The molecule has 1 aromatic heterocycles. The van der Waals surface area contributed by atoms with Crippen LogP contribution in [0.15, 0.2) is 6.07 Å². The van der Waals surface area contributed by atoms with Crippen LogP contribution in [0.1, 0.15) is 43.0 Å². The molecule has 1 aliphatic heterocycles. The SMILES string of the molecule is CCC1CCN(CCC(=O)c2cc(Cl)sc2Cl)CC1. The smallest absolute Gasteiger partial charge is 0.166 e. The van der Waals surface area contributed by atoms with E-state index in [0.717, 1.165) is 25.6 Å². The summed E-state index contributed by atoms with van der Waals surface area (Å²) in [6, 6.07) is 1.68. The molecule has 19 heavy (non-hydrogen) atoms. The lowest BCUT2D eigenvalue weighted by molar-refractivity contribution is 0.0951. The molecule has 0 amide bonds. The van der Waals surface area contributed by atoms with E-state index in [4.69, 9.17) is 23.2 Å². The largest absolute Gasteiger partial charge is 0.303 e.